The summed E-state index contributed by atoms with van der Waals surface area (Å²) in [5.74, 6) is 1.76. The maximum absolute atomic E-state index is 9.64. The number of aromatic amines is 2. The van der Waals surface area contributed by atoms with Gasteiger partial charge >= 0.3 is 0 Å². The van der Waals surface area contributed by atoms with Gasteiger partial charge in [-0.05, 0) is 25.1 Å². The number of H-pyrrole nitrogens is 2. The van der Waals surface area contributed by atoms with Gasteiger partial charge in [-0.25, -0.2) is 29.9 Å². The van der Waals surface area contributed by atoms with Crippen molar-refractivity contribution in [3.05, 3.63) is 109 Å². The van der Waals surface area contributed by atoms with E-state index in [2.05, 4.69) is 35.8 Å². The van der Waals surface area contributed by atoms with E-state index in [0.29, 0.717) is 68.2 Å². The van der Waals surface area contributed by atoms with Crippen LogP contribution >= 0.6 is 0 Å². The number of benzene rings is 2. The first-order chi connectivity index (χ1) is 21.1. The van der Waals surface area contributed by atoms with Gasteiger partial charge in [0.15, 0.2) is 23.3 Å². The molecule has 7 rings (SSSR count). The molecule has 5 aromatic rings. The molecule has 2 N–H and O–H groups in total. The van der Waals surface area contributed by atoms with E-state index in [1.165, 1.54) is 0 Å². The third-order valence-corrected chi connectivity index (χ3v) is 7.35. The van der Waals surface area contributed by atoms with Crippen LogP contribution < -0.4 is 0 Å². The fourth-order valence-corrected chi connectivity index (χ4v) is 5.38. The lowest BCUT2D eigenvalue weighted by Crippen LogP contribution is -1.87. The van der Waals surface area contributed by atoms with Crippen molar-refractivity contribution in [3.8, 4) is 28.8 Å². The van der Waals surface area contributed by atoms with Gasteiger partial charge in [-0.1, -0.05) is 74.4 Å². The molecular formula is C34H23N9. The second-order valence-corrected chi connectivity index (χ2v) is 9.79. The molecule has 2 aromatic carbocycles. The summed E-state index contributed by atoms with van der Waals surface area (Å²) >= 11 is 0. The summed E-state index contributed by atoms with van der Waals surface area (Å²) in [6, 6.07) is 15.4. The van der Waals surface area contributed by atoms with Crippen LogP contribution in [-0.2, 0) is 0 Å². The van der Waals surface area contributed by atoms with E-state index in [4.69, 9.17) is 29.9 Å². The fourth-order valence-electron chi connectivity index (χ4n) is 5.38. The molecule has 0 aliphatic carbocycles. The number of rotatable bonds is 4. The molecule has 0 saturated heterocycles. The van der Waals surface area contributed by atoms with E-state index in [1.54, 1.807) is 30.4 Å². The number of hydrogen-bond acceptors (Lipinski definition) is 7. The molecule has 9 heteroatoms. The molecule has 204 valence electrons. The highest BCUT2D eigenvalue weighted by Crippen LogP contribution is 2.36. The molecule has 0 amide bonds. The van der Waals surface area contributed by atoms with Gasteiger partial charge in [0.25, 0.3) is 0 Å². The van der Waals surface area contributed by atoms with Crippen molar-refractivity contribution in [3.63, 3.8) is 0 Å². The minimum atomic E-state index is 0.419. The lowest BCUT2D eigenvalue weighted by Gasteiger charge is -1.98. The van der Waals surface area contributed by atoms with Crippen molar-refractivity contribution >= 4 is 56.7 Å². The molecular weight excluding hydrogens is 534 g/mol. The monoisotopic (exact) mass is 557 g/mol. The van der Waals surface area contributed by atoms with E-state index in [1.807, 2.05) is 49.4 Å². The zero-order chi connectivity index (χ0) is 29.7. The van der Waals surface area contributed by atoms with Gasteiger partial charge < -0.3 is 9.97 Å². The first kappa shape index (κ1) is 25.7. The smallest absolute Gasteiger partial charge is 0.164 e. The van der Waals surface area contributed by atoms with E-state index in [-0.39, 0.29) is 0 Å². The molecule has 2 aliphatic heterocycles. The molecule has 0 radical (unpaired) electrons. The van der Waals surface area contributed by atoms with Crippen LogP contribution in [0.2, 0.25) is 0 Å². The number of hydrogen-bond donors (Lipinski definition) is 2. The van der Waals surface area contributed by atoms with E-state index in [0.717, 1.165) is 27.5 Å². The number of allylic oxidation sites excluding steroid dienone is 5. The highest BCUT2D eigenvalue weighted by atomic mass is 15.1. The third-order valence-electron chi connectivity index (χ3n) is 7.35. The fraction of sp³-hybridized carbons (Fsp3) is 0.0294. The van der Waals surface area contributed by atoms with Crippen LogP contribution in [0.3, 0.4) is 0 Å². The van der Waals surface area contributed by atoms with E-state index < -0.39 is 0 Å². The van der Waals surface area contributed by atoms with Gasteiger partial charge in [-0.2, -0.15) is 5.26 Å². The predicted molar refractivity (Wildman–Crippen MR) is 171 cm³/mol. The summed E-state index contributed by atoms with van der Waals surface area (Å²) in [6.45, 7) is 14.0. The van der Waals surface area contributed by atoms with Gasteiger partial charge in [-0.3, -0.25) is 0 Å². The highest BCUT2D eigenvalue weighted by molar-refractivity contribution is 6.05. The second-order valence-electron chi connectivity index (χ2n) is 9.79. The predicted octanol–water partition coefficient (Wildman–Crippen LogP) is 7.21. The van der Waals surface area contributed by atoms with Crippen LogP contribution in [0.25, 0.3) is 79.4 Å². The Morgan fingerprint density at radius 2 is 1.21 bits per heavy atom. The summed E-state index contributed by atoms with van der Waals surface area (Å²) in [6.07, 6.45) is 8.99. The molecule has 0 fully saturated rings. The average molecular weight is 558 g/mol. The number of fused-ring (bicyclic) bond motifs is 14. The van der Waals surface area contributed by atoms with Crippen molar-refractivity contribution in [1.82, 2.24) is 39.9 Å². The third kappa shape index (κ3) is 4.01. The first-order valence-electron chi connectivity index (χ1n) is 13.5. The van der Waals surface area contributed by atoms with Crippen molar-refractivity contribution in [2.45, 2.75) is 6.92 Å². The van der Waals surface area contributed by atoms with Gasteiger partial charge in [-0.15, -0.1) is 0 Å². The molecule has 0 saturated carbocycles. The van der Waals surface area contributed by atoms with Crippen molar-refractivity contribution in [2.24, 2.45) is 0 Å². The molecule has 0 unspecified atom stereocenters. The van der Waals surface area contributed by atoms with Crippen molar-refractivity contribution < 1.29 is 0 Å². The topological polar surface area (TPSA) is 133 Å². The molecule has 8 bridgehead atoms. The molecule has 5 heterocycles. The minimum absolute atomic E-state index is 0.419. The Kier molecular flexibility index (Phi) is 5.96. The van der Waals surface area contributed by atoms with Crippen LogP contribution in [0, 0.1) is 11.3 Å². The van der Waals surface area contributed by atoms with Gasteiger partial charge in [0, 0.05) is 44.2 Å². The Morgan fingerprint density at radius 1 is 0.651 bits per heavy atom. The van der Waals surface area contributed by atoms with Gasteiger partial charge in [0.2, 0.25) is 0 Å². The molecule has 0 spiro atoms. The lowest BCUT2D eigenvalue weighted by molar-refractivity contribution is 1.12. The SMILES string of the molecule is C=CC1=C(C=C)c2nc1nc1[nH]c(nc3nc(nc4[nH]c(n2)c2ccccc42)-c2ccc(C#N)cc2-3)c(/C=C\C)c1C=C. The zero-order valence-corrected chi connectivity index (χ0v) is 23.2. The lowest BCUT2D eigenvalue weighted by atomic mass is 10.1. The van der Waals surface area contributed by atoms with Crippen molar-refractivity contribution in [1.29, 1.82) is 5.26 Å². The largest absolute Gasteiger partial charge is 0.324 e. The normalized spacial score (nSPS) is 12.4. The first-order valence-corrected chi connectivity index (χ1v) is 13.5. The summed E-state index contributed by atoms with van der Waals surface area (Å²) in [4.78, 5) is 36.2. The highest BCUT2D eigenvalue weighted by Gasteiger charge is 2.22. The van der Waals surface area contributed by atoms with Crippen LogP contribution in [-0.4, -0.2) is 39.9 Å². The average Bonchev–Trinajstić information content (AvgIpc) is 3.74. The molecule has 2 aliphatic rings. The van der Waals surface area contributed by atoms with E-state index in [9.17, 15) is 5.26 Å². The Hall–Kier alpha value is -6.27. The van der Waals surface area contributed by atoms with Crippen LogP contribution in [0.1, 0.15) is 35.3 Å². The molecule has 0 atom stereocenters. The van der Waals surface area contributed by atoms with Gasteiger partial charge in [0.05, 0.1) is 11.6 Å². The number of nitrogens with zero attached hydrogens (tertiary/aromatic N) is 7. The summed E-state index contributed by atoms with van der Waals surface area (Å²) < 4.78 is 0. The van der Waals surface area contributed by atoms with Gasteiger partial charge in [0.1, 0.15) is 22.6 Å². The van der Waals surface area contributed by atoms with Crippen LogP contribution in [0.5, 0.6) is 0 Å². The standard InChI is InChI=1S/C34H23N9/c1-5-11-22-21(8-4)29-37-27-19(6-2)20(7-3)28(36-27)38-31-23-12-9-10-13-24(23)32(40-31)41-33-25-15-14-18(17-35)16-26(25)34(43-33)42-30(22)39-29/h5-16H,2-4H2,1H3,(H2,36,37,38,39,40,41,42,43)/b11-5-. The maximum Gasteiger partial charge on any atom is 0.164 e. The molecule has 43 heavy (non-hydrogen) atoms. The number of nitriles is 1. The Labute approximate surface area is 246 Å². The van der Waals surface area contributed by atoms with Crippen molar-refractivity contribution in [2.75, 3.05) is 0 Å². The Bertz CT molecular complexity index is 2320. The molecule has 9 nitrogen and oxygen atoms in total. The summed E-state index contributed by atoms with van der Waals surface area (Å²) in [5.41, 5.74) is 7.12. The quantitative estimate of drug-likeness (QED) is 0.234. The Balaban J connectivity index is 1.72. The van der Waals surface area contributed by atoms with E-state index >= 15 is 0 Å². The number of nitrogens with one attached hydrogen (secondary N) is 2. The van der Waals surface area contributed by atoms with Crippen LogP contribution in [0.4, 0.5) is 0 Å². The van der Waals surface area contributed by atoms with Crippen LogP contribution in [0.15, 0.2) is 80.4 Å². The summed E-state index contributed by atoms with van der Waals surface area (Å²) in [7, 11) is 0. The maximum atomic E-state index is 9.64. The molecule has 3 aromatic heterocycles. The second kappa shape index (κ2) is 9.98. The minimum Gasteiger partial charge on any atom is -0.324 e. The number of aromatic nitrogens is 8. The Morgan fingerprint density at radius 3 is 1.84 bits per heavy atom. The zero-order valence-electron chi connectivity index (χ0n) is 23.2. The summed E-state index contributed by atoms with van der Waals surface area (Å²) in [5, 5.41) is 11.4.